The lowest BCUT2D eigenvalue weighted by atomic mass is 9.87. The number of rotatable bonds is 6. The molecule has 2 aliphatic heterocycles. The summed E-state index contributed by atoms with van der Waals surface area (Å²) in [4.78, 5) is 24.9. The number of benzene rings is 1. The van der Waals surface area contributed by atoms with Crippen molar-refractivity contribution in [1.29, 1.82) is 0 Å². The molecule has 0 aliphatic carbocycles. The number of sulfone groups is 1. The van der Waals surface area contributed by atoms with Crippen LogP contribution < -0.4 is 26.9 Å². The van der Waals surface area contributed by atoms with Crippen molar-refractivity contribution in [2.24, 2.45) is 15.4 Å². The summed E-state index contributed by atoms with van der Waals surface area (Å²) in [6.07, 6.45) is 5.07. The first-order chi connectivity index (χ1) is 15.4. The van der Waals surface area contributed by atoms with Gasteiger partial charge < -0.3 is 16.1 Å². The number of nitrogens with one attached hydrogen (secondary N) is 1. The summed E-state index contributed by atoms with van der Waals surface area (Å²) in [6, 6.07) is 5.70. The van der Waals surface area contributed by atoms with Crippen molar-refractivity contribution in [2.45, 2.75) is 39.7 Å². The number of hydrogen-bond acceptors (Lipinski definition) is 8. The fraction of sp³-hybridized carbons (Fsp3) is 0.522. The van der Waals surface area contributed by atoms with E-state index in [4.69, 9.17) is 10.8 Å². The Bertz CT molecular complexity index is 1300. The molecule has 1 atom stereocenters. The normalized spacial score (nSPS) is 18.4. The Hall–Kier alpha value is -2.88. The van der Waals surface area contributed by atoms with Crippen molar-refractivity contribution in [3.63, 3.8) is 0 Å². The van der Waals surface area contributed by atoms with Crippen molar-refractivity contribution in [3.05, 3.63) is 46.4 Å². The zero-order chi connectivity index (χ0) is 24.0. The lowest BCUT2D eigenvalue weighted by Crippen LogP contribution is -2.39. The smallest absolute Gasteiger partial charge is 0.172 e. The Balaban J connectivity index is 1.77. The van der Waals surface area contributed by atoms with Gasteiger partial charge in [0.1, 0.15) is 11.2 Å². The summed E-state index contributed by atoms with van der Waals surface area (Å²) in [5.41, 5.74) is 3.08. The Labute approximate surface area is 194 Å². The van der Waals surface area contributed by atoms with E-state index in [1.54, 1.807) is 6.20 Å². The summed E-state index contributed by atoms with van der Waals surface area (Å²) < 4.78 is 24.8. The number of ketones is 1. The predicted molar refractivity (Wildman–Crippen MR) is 130 cm³/mol. The molecule has 0 bridgehead atoms. The fourth-order valence-electron chi connectivity index (χ4n) is 4.21. The number of carbonyl (C=O) groups excluding carboxylic acids is 1. The van der Waals surface area contributed by atoms with Gasteiger partial charge in [0.05, 0.1) is 18.2 Å². The number of carbonyl (C=O) groups is 1. The van der Waals surface area contributed by atoms with Crippen LogP contribution in [0.4, 0.5) is 11.4 Å². The lowest BCUT2D eigenvalue weighted by Gasteiger charge is -2.22. The van der Waals surface area contributed by atoms with Crippen LogP contribution in [-0.2, 0) is 9.84 Å². The van der Waals surface area contributed by atoms with Gasteiger partial charge in [-0.25, -0.2) is 8.42 Å². The number of nitrogens with zero attached hydrogens (tertiary/aromatic N) is 4. The maximum atomic E-state index is 13.0. The third kappa shape index (κ3) is 5.05. The molecule has 0 spiro atoms. The fourth-order valence-corrected chi connectivity index (χ4v) is 4.64. The van der Waals surface area contributed by atoms with E-state index in [0.29, 0.717) is 23.0 Å². The zero-order valence-electron chi connectivity index (χ0n) is 19.6. The molecule has 1 aromatic carbocycles. The minimum Gasteiger partial charge on any atom is -0.372 e. The Morgan fingerprint density at radius 3 is 2.55 bits per heavy atom. The van der Waals surface area contributed by atoms with Crippen molar-refractivity contribution < 1.29 is 13.2 Å². The van der Waals surface area contributed by atoms with E-state index >= 15 is 0 Å². The van der Waals surface area contributed by atoms with Gasteiger partial charge in [-0.1, -0.05) is 20.8 Å². The van der Waals surface area contributed by atoms with Gasteiger partial charge in [0.2, 0.25) is 0 Å². The van der Waals surface area contributed by atoms with Crippen LogP contribution in [0, 0.1) is 5.41 Å². The molecule has 1 aromatic heterocycles. The molecule has 0 radical (unpaired) electrons. The summed E-state index contributed by atoms with van der Waals surface area (Å²) in [7, 11) is -3.18. The molecule has 4 rings (SSSR count). The third-order valence-electron chi connectivity index (χ3n) is 5.94. The minimum absolute atomic E-state index is 0.0381. The number of Topliss-reactive ketones (excluding diaryl/α,β-unsaturated/α-hetero) is 1. The first-order valence-electron chi connectivity index (χ1n) is 11.2. The average Bonchev–Trinajstić information content (AvgIpc) is 3.39. The molecule has 178 valence electrons. The van der Waals surface area contributed by atoms with E-state index in [-0.39, 0.29) is 17.7 Å². The van der Waals surface area contributed by atoms with Crippen LogP contribution in [-0.4, -0.2) is 50.6 Å². The van der Waals surface area contributed by atoms with E-state index in [0.717, 1.165) is 42.9 Å². The number of aromatic nitrogens is 1. The van der Waals surface area contributed by atoms with Crippen LogP contribution in [0.1, 0.15) is 55.6 Å². The third-order valence-corrected chi connectivity index (χ3v) is 6.61. The number of anilines is 2. The number of hydrogen-bond donors (Lipinski definition) is 2. The SMILES string of the molecule is CC(C)(C)C(=O)c1cn(N)c2c1=NC(c1cc(NCS(C)(=O)=O)cc(N3CCCC3)c1)CN=2. The van der Waals surface area contributed by atoms with Crippen LogP contribution in [0.2, 0.25) is 0 Å². The average molecular weight is 473 g/mol. The van der Waals surface area contributed by atoms with Crippen LogP contribution in [0.5, 0.6) is 0 Å². The molecule has 0 amide bonds. The van der Waals surface area contributed by atoms with Crippen LogP contribution in [0.25, 0.3) is 0 Å². The molecular formula is C23H32N6O3S. The van der Waals surface area contributed by atoms with E-state index in [9.17, 15) is 13.2 Å². The molecule has 1 fully saturated rings. The van der Waals surface area contributed by atoms with Gasteiger partial charge in [-0.15, -0.1) is 0 Å². The van der Waals surface area contributed by atoms with Gasteiger partial charge in [0.25, 0.3) is 0 Å². The van der Waals surface area contributed by atoms with E-state index in [1.165, 1.54) is 10.9 Å². The van der Waals surface area contributed by atoms with Gasteiger partial charge >= 0.3 is 0 Å². The number of fused-ring (bicyclic) bond motifs is 1. The first-order valence-corrected chi connectivity index (χ1v) is 13.2. The van der Waals surface area contributed by atoms with Gasteiger partial charge in [0.15, 0.2) is 21.1 Å². The predicted octanol–water partition coefficient (Wildman–Crippen LogP) is 1.44. The molecule has 10 heteroatoms. The molecule has 3 heterocycles. The maximum Gasteiger partial charge on any atom is 0.172 e. The second-order valence-corrected chi connectivity index (χ2v) is 12.1. The largest absolute Gasteiger partial charge is 0.372 e. The van der Waals surface area contributed by atoms with Crippen molar-refractivity contribution in [2.75, 3.05) is 47.8 Å². The Morgan fingerprint density at radius 1 is 1.21 bits per heavy atom. The lowest BCUT2D eigenvalue weighted by molar-refractivity contribution is 0.0856. The summed E-state index contributed by atoms with van der Waals surface area (Å²) in [5.74, 6) is 5.89. The summed E-state index contributed by atoms with van der Waals surface area (Å²) in [5, 5.41) is 3.55. The number of nitrogen functional groups attached to an aromatic ring is 1. The molecule has 1 saturated heterocycles. The molecule has 2 aromatic rings. The van der Waals surface area contributed by atoms with E-state index < -0.39 is 15.3 Å². The van der Waals surface area contributed by atoms with Crippen LogP contribution in [0.15, 0.2) is 34.4 Å². The molecule has 9 nitrogen and oxygen atoms in total. The van der Waals surface area contributed by atoms with E-state index in [2.05, 4.69) is 21.3 Å². The highest BCUT2D eigenvalue weighted by Gasteiger charge is 2.28. The van der Waals surface area contributed by atoms with E-state index in [1.807, 2.05) is 32.9 Å². The summed E-state index contributed by atoms with van der Waals surface area (Å²) in [6.45, 7) is 7.92. The molecular weight excluding hydrogens is 440 g/mol. The monoisotopic (exact) mass is 472 g/mol. The highest BCUT2D eigenvalue weighted by molar-refractivity contribution is 7.90. The highest BCUT2D eigenvalue weighted by atomic mass is 32.2. The summed E-state index contributed by atoms with van der Waals surface area (Å²) >= 11 is 0. The highest BCUT2D eigenvalue weighted by Crippen LogP contribution is 2.30. The Kier molecular flexibility index (Phi) is 5.98. The second kappa shape index (κ2) is 8.48. The van der Waals surface area contributed by atoms with Crippen LogP contribution >= 0.6 is 0 Å². The van der Waals surface area contributed by atoms with Crippen LogP contribution in [0.3, 0.4) is 0 Å². The second-order valence-electron chi connectivity index (χ2n) is 9.94. The minimum atomic E-state index is -3.18. The molecule has 1 unspecified atom stereocenters. The molecule has 3 N–H and O–H groups in total. The quantitative estimate of drug-likeness (QED) is 0.485. The first kappa shape index (κ1) is 23.3. The maximum absolute atomic E-state index is 13.0. The standard InChI is InChI=1S/C23H32N6O3S/c1-23(2,3)21(30)18-13-29(24)22-20(18)27-19(12-25-22)15-9-16(26-14-33(4,31)32)11-17(10-15)28-7-5-6-8-28/h9-11,13,19,26H,5-8,12,14,24H2,1-4H3. The van der Waals surface area contributed by atoms with Gasteiger partial charge in [0, 0.05) is 42.3 Å². The molecule has 33 heavy (non-hydrogen) atoms. The van der Waals surface area contributed by atoms with Crippen molar-refractivity contribution in [3.8, 4) is 0 Å². The van der Waals surface area contributed by atoms with Gasteiger partial charge in [-0.3, -0.25) is 19.5 Å². The number of nitrogens with two attached hydrogens (primary N) is 1. The van der Waals surface area contributed by atoms with Crippen molar-refractivity contribution >= 4 is 27.0 Å². The molecule has 2 aliphatic rings. The van der Waals surface area contributed by atoms with Gasteiger partial charge in [-0.2, -0.15) is 0 Å². The topological polar surface area (TPSA) is 122 Å². The molecule has 0 saturated carbocycles. The zero-order valence-corrected chi connectivity index (χ0v) is 20.4. The van der Waals surface area contributed by atoms with Crippen molar-refractivity contribution in [1.82, 2.24) is 4.68 Å². The van der Waals surface area contributed by atoms with Gasteiger partial charge in [-0.05, 0) is 36.6 Å². The Morgan fingerprint density at radius 2 is 1.91 bits per heavy atom.